The number of rotatable bonds is 11. The third-order valence-corrected chi connectivity index (χ3v) is 4.51. The van der Waals surface area contributed by atoms with E-state index in [0.29, 0.717) is 12.0 Å². The summed E-state index contributed by atoms with van der Waals surface area (Å²) in [5.74, 6) is -0.493. The Morgan fingerprint density at radius 3 is 2.26 bits per heavy atom. The summed E-state index contributed by atoms with van der Waals surface area (Å²) in [7, 11) is 0. The molecule has 0 saturated heterocycles. The van der Waals surface area contributed by atoms with Crippen molar-refractivity contribution in [3.05, 3.63) is 59.7 Å². The van der Waals surface area contributed by atoms with E-state index < -0.39 is 18.2 Å². The van der Waals surface area contributed by atoms with E-state index in [0.717, 1.165) is 18.4 Å². The SMILES string of the molecule is CCCCOC(=O)[C@H](Cc1ccc(OC(=O)O)cc1)NC(=O)CCc1ccc(O)cc1. The lowest BCUT2D eigenvalue weighted by molar-refractivity contribution is -0.148. The minimum Gasteiger partial charge on any atom is -0.508 e. The number of phenols is 1. The van der Waals surface area contributed by atoms with Gasteiger partial charge in [0.15, 0.2) is 0 Å². The second kappa shape index (κ2) is 12.2. The standard InChI is InChI=1S/C23H27NO7/c1-2-3-14-30-22(27)20(15-17-6-11-19(12-7-17)31-23(28)29)24-21(26)13-8-16-4-9-18(25)10-5-16/h4-7,9-12,20,25H,2-3,8,13-15H2,1H3,(H,24,26)(H,28,29)/t20-/m0/s1. The van der Waals surface area contributed by atoms with Crippen LogP contribution in [0.4, 0.5) is 4.79 Å². The Labute approximate surface area is 180 Å². The predicted octanol–water partition coefficient (Wildman–Crippen LogP) is 3.45. The molecule has 0 unspecified atom stereocenters. The third kappa shape index (κ3) is 8.77. The van der Waals surface area contributed by atoms with Gasteiger partial charge in [0.2, 0.25) is 5.91 Å². The maximum absolute atomic E-state index is 12.5. The Morgan fingerprint density at radius 2 is 1.65 bits per heavy atom. The molecule has 2 rings (SSSR count). The molecule has 166 valence electrons. The van der Waals surface area contributed by atoms with Gasteiger partial charge in [-0.05, 0) is 48.2 Å². The van der Waals surface area contributed by atoms with Crippen molar-refractivity contribution < 1.29 is 34.1 Å². The lowest BCUT2D eigenvalue weighted by Gasteiger charge is -2.18. The molecule has 0 aromatic heterocycles. The van der Waals surface area contributed by atoms with E-state index >= 15 is 0 Å². The Balaban J connectivity index is 1.99. The Bertz CT molecular complexity index is 862. The maximum Gasteiger partial charge on any atom is 0.511 e. The summed E-state index contributed by atoms with van der Waals surface area (Å²) in [6.45, 7) is 2.26. The van der Waals surface area contributed by atoms with Crippen LogP contribution in [0.25, 0.3) is 0 Å². The fraction of sp³-hybridized carbons (Fsp3) is 0.348. The van der Waals surface area contributed by atoms with Crippen molar-refractivity contribution in [3.8, 4) is 11.5 Å². The maximum atomic E-state index is 12.5. The molecule has 0 radical (unpaired) electrons. The van der Waals surface area contributed by atoms with Gasteiger partial charge in [-0.15, -0.1) is 0 Å². The first-order chi connectivity index (χ1) is 14.9. The van der Waals surface area contributed by atoms with Crippen LogP contribution in [0, 0.1) is 0 Å². The summed E-state index contributed by atoms with van der Waals surface area (Å²) in [5.41, 5.74) is 1.61. The van der Waals surface area contributed by atoms with E-state index in [2.05, 4.69) is 10.1 Å². The highest BCUT2D eigenvalue weighted by atomic mass is 16.7. The largest absolute Gasteiger partial charge is 0.511 e. The van der Waals surface area contributed by atoms with Gasteiger partial charge in [0, 0.05) is 12.8 Å². The van der Waals surface area contributed by atoms with Crippen molar-refractivity contribution in [1.82, 2.24) is 5.32 Å². The third-order valence-electron chi connectivity index (χ3n) is 4.51. The van der Waals surface area contributed by atoms with Crippen molar-refractivity contribution in [2.24, 2.45) is 0 Å². The van der Waals surface area contributed by atoms with Gasteiger partial charge in [0.25, 0.3) is 0 Å². The van der Waals surface area contributed by atoms with Crippen LogP contribution in [0.5, 0.6) is 11.5 Å². The van der Waals surface area contributed by atoms with Gasteiger partial charge < -0.3 is 25.0 Å². The van der Waals surface area contributed by atoms with E-state index in [1.807, 2.05) is 6.92 Å². The van der Waals surface area contributed by atoms with Gasteiger partial charge in [-0.3, -0.25) is 4.79 Å². The predicted molar refractivity (Wildman–Crippen MR) is 113 cm³/mol. The first-order valence-corrected chi connectivity index (χ1v) is 10.1. The highest BCUT2D eigenvalue weighted by molar-refractivity contribution is 5.84. The highest BCUT2D eigenvalue weighted by Crippen LogP contribution is 2.15. The molecule has 0 aliphatic heterocycles. The number of carbonyl (C=O) groups is 3. The van der Waals surface area contributed by atoms with Crippen molar-refractivity contribution in [1.29, 1.82) is 0 Å². The number of aryl methyl sites for hydroxylation is 1. The van der Waals surface area contributed by atoms with Gasteiger partial charge in [-0.1, -0.05) is 37.6 Å². The van der Waals surface area contributed by atoms with Gasteiger partial charge in [-0.25, -0.2) is 9.59 Å². The molecule has 0 bridgehead atoms. The van der Waals surface area contributed by atoms with Gasteiger partial charge in [-0.2, -0.15) is 0 Å². The number of carboxylic acid groups (broad SMARTS) is 1. The fourth-order valence-corrected chi connectivity index (χ4v) is 2.83. The highest BCUT2D eigenvalue weighted by Gasteiger charge is 2.23. The molecule has 2 aromatic carbocycles. The van der Waals surface area contributed by atoms with E-state index in [1.54, 1.807) is 36.4 Å². The summed E-state index contributed by atoms with van der Waals surface area (Å²) in [4.78, 5) is 35.6. The smallest absolute Gasteiger partial charge is 0.508 e. The molecular weight excluding hydrogens is 402 g/mol. The van der Waals surface area contributed by atoms with Gasteiger partial charge in [0.05, 0.1) is 6.61 Å². The minimum absolute atomic E-state index is 0.155. The van der Waals surface area contributed by atoms with E-state index in [-0.39, 0.29) is 36.9 Å². The Kier molecular flexibility index (Phi) is 9.35. The summed E-state index contributed by atoms with van der Waals surface area (Å²) < 4.78 is 9.86. The number of carbonyl (C=O) groups excluding carboxylic acids is 2. The zero-order valence-corrected chi connectivity index (χ0v) is 17.4. The van der Waals surface area contributed by atoms with E-state index in [1.165, 1.54) is 12.1 Å². The number of phenolic OH excluding ortho intramolecular Hbond substituents is 1. The Morgan fingerprint density at radius 1 is 1.00 bits per heavy atom. The van der Waals surface area contributed by atoms with E-state index in [9.17, 15) is 19.5 Å². The molecule has 0 saturated carbocycles. The summed E-state index contributed by atoms with van der Waals surface area (Å²) in [6.07, 6.45) is 1.03. The number of aromatic hydroxyl groups is 1. The Hall–Kier alpha value is -3.55. The van der Waals surface area contributed by atoms with Crippen molar-refractivity contribution >= 4 is 18.0 Å². The lowest BCUT2D eigenvalue weighted by atomic mass is 10.0. The van der Waals surface area contributed by atoms with Crippen molar-refractivity contribution in [3.63, 3.8) is 0 Å². The zero-order valence-electron chi connectivity index (χ0n) is 17.4. The monoisotopic (exact) mass is 429 g/mol. The zero-order chi connectivity index (χ0) is 22.6. The van der Waals surface area contributed by atoms with Crippen molar-refractivity contribution in [2.45, 2.75) is 45.1 Å². The molecule has 8 nitrogen and oxygen atoms in total. The molecule has 1 atom stereocenters. The molecule has 3 N–H and O–H groups in total. The van der Waals surface area contributed by atoms with Crippen LogP contribution < -0.4 is 10.1 Å². The number of esters is 1. The number of benzene rings is 2. The first kappa shape index (κ1) is 23.7. The average Bonchev–Trinajstić information content (AvgIpc) is 2.74. The second-order valence-corrected chi connectivity index (χ2v) is 7.02. The molecule has 31 heavy (non-hydrogen) atoms. The molecule has 8 heteroatoms. The topological polar surface area (TPSA) is 122 Å². The normalized spacial score (nSPS) is 11.4. The number of nitrogens with one attached hydrogen (secondary N) is 1. The molecule has 0 aliphatic rings. The molecule has 0 spiro atoms. The molecule has 1 amide bonds. The fourth-order valence-electron chi connectivity index (χ4n) is 2.83. The molecular formula is C23H27NO7. The van der Waals surface area contributed by atoms with Gasteiger partial charge >= 0.3 is 12.1 Å². The van der Waals surface area contributed by atoms with Crippen molar-refractivity contribution in [2.75, 3.05) is 6.61 Å². The quantitative estimate of drug-likeness (QED) is 0.284. The van der Waals surface area contributed by atoms with Crippen LogP contribution in [0.15, 0.2) is 48.5 Å². The molecule has 0 aliphatic carbocycles. The number of unbranched alkanes of at least 4 members (excludes halogenated alkanes) is 1. The summed E-state index contributed by atoms with van der Waals surface area (Å²) >= 11 is 0. The number of hydrogen-bond acceptors (Lipinski definition) is 6. The number of hydrogen-bond donors (Lipinski definition) is 3. The minimum atomic E-state index is -1.41. The van der Waals surface area contributed by atoms with Crippen LogP contribution >= 0.6 is 0 Å². The summed E-state index contributed by atoms with van der Waals surface area (Å²) in [5, 5.41) is 20.7. The van der Waals surface area contributed by atoms with Crippen LogP contribution in [-0.2, 0) is 27.2 Å². The van der Waals surface area contributed by atoms with E-state index in [4.69, 9.17) is 9.84 Å². The summed E-state index contributed by atoms with van der Waals surface area (Å²) in [6, 6.07) is 11.9. The van der Waals surface area contributed by atoms with Crippen LogP contribution in [0.2, 0.25) is 0 Å². The first-order valence-electron chi connectivity index (χ1n) is 10.1. The van der Waals surface area contributed by atoms with Crippen LogP contribution in [-0.4, -0.2) is 40.9 Å². The molecule has 0 heterocycles. The van der Waals surface area contributed by atoms with Crippen LogP contribution in [0.1, 0.15) is 37.3 Å². The number of amides is 1. The second-order valence-electron chi connectivity index (χ2n) is 7.02. The van der Waals surface area contributed by atoms with Crippen LogP contribution in [0.3, 0.4) is 0 Å². The number of ether oxygens (including phenoxy) is 2. The average molecular weight is 429 g/mol. The lowest BCUT2D eigenvalue weighted by Crippen LogP contribution is -2.43. The molecule has 2 aromatic rings. The van der Waals surface area contributed by atoms with Gasteiger partial charge in [0.1, 0.15) is 17.5 Å². The molecule has 0 fully saturated rings.